The number of benzene rings is 2. The molecule has 0 radical (unpaired) electrons. The van der Waals surface area contributed by atoms with Crippen LogP contribution < -0.4 is 20.1 Å². The molecule has 2 aromatic rings. The number of methoxy groups -OCH3 is 1. The van der Waals surface area contributed by atoms with Gasteiger partial charge >= 0.3 is 6.09 Å². The number of nitrogens with one attached hydrogen (secondary N) is 2. The minimum absolute atomic E-state index is 0.253. The summed E-state index contributed by atoms with van der Waals surface area (Å²) in [5.74, 6) is 1.21. The van der Waals surface area contributed by atoms with E-state index in [1.54, 1.807) is 62.6 Å². The summed E-state index contributed by atoms with van der Waals surface area (Å²) in [5, 5.41) is 5.40. The first kappa shape index (κ1) is 21.1. The molecule has 0 heterocycles. The molecule has 0 fully saturated rings. The van der Waals surface area contributed by atoms with E-state index in [0.717, 1.165) is 0 Å². The fourth-order valence-electron chi connectivity index (χ4n) is 2.23. The molecule has 2 aromatic carbocycles. The van der Waals surface area contributed by atoms with Crippen molar-refractivity contribution in [1.82, 2.24) is 0 Å². The van der Waals surface area contributed by atoms with E-state index in [9.17, 15) is 9.59 Å². The Bertz CT molecular complexity index is 790. The van der Waals surface area contributed by atoms with Crippen LogP contribution in [0.15, 0.2) is 48.5 Å². The normalized spacial score (nSPS) is 11.5. The van der Waals surface area contributed by atoms with Crippen molar-refractivity contribution in [3.05, 3.63) is 48.5 Å². The Morgan fingerprint density at radius 1 is 0.929 bits per heavy atom. The minimum atomic E-state index is -0.707. The summed E-state index contributed by atoms with van der Waals surface area (Å²) < 4.78 is 15.8. The summed E-state index contributed by atoms with van der Waals surface area (Å²) in [5.41, 5.74) is 1.06. The lowest BCUT2D eigenvalue weighted by Crippen LogP contribution is -2.30. The molecule has 0 spiro atoms. The summed E-state index contributed by atoms with van der Waals surface area (Å²) in [6.07, 6.45) is -1.24. The smallest absolute Gasteiger partial charge is 0.411 e. The van der Waals surface area contributed by atoms with Crippen LogP contribution in [0.25, 0.3) is 0 Å². The van der Waals surface area contributed by atoms with Crippen molar-refractivity contribution in [2.75, 3.05) is 24.4 Å². The van der Waals surface area contributed by atoms with Gasteiger partial charge in [0.15, 0.2) is 6.10 Å². The number of rotatable bonds is 8. The van der Waals surface area contributed by atoms with Crippen LogP contribution in [0.3, 0.4) is 0 Å². The standard InChI is InChI=1S/C21H26N2O5/c1-14(2)13-27-21(25)23-17-7-5-6-16(12-17)22-20(24)15(3)28-19-10-8-18(26-4)9-11-19/h5-12,14-15H,13H2,1-4H3,(H,22,24)(H,23,25). The van der Waals surface area contributed by atoms with Gasteiger partial charge in [-0.3, -0.25) is 10.1 Å². The molecule has 0 aliphatic heterocycles. The molecule has 0 saturated heterocycles. The predicted molar refractivity (Wildman–Crippen MR) is 108 cm³/mol. The second-order valence-corrected chi connectivity index (χ2v) is 6.62. The second-order valence-electron chi connectivity index (χ2n) is 6.62. The summed E-state index contributed by atoms with van der Waals surface area (Å²) in [7, 11) is 1.58. The highest BCUT2D eigenvalue weighted by atomic mass is 16.5. The topological polar surface area (TPSA) is 85.9 Å². The third-order valence-corrected chi connectivity index (χ3v) is 3.67. The van der Waals surface area contributed by atoms with Gasteiger partial charge in [-0.2, -0.15) is 0 Å². The van der Waals surface area contributed by atoms with Crippen molar-refractivity contribution < 1.29 is 23.8 Å². The number of amides is 2. The average Bonchev–Trinajstić information content (AvgIpc) is 2.67. The lowest BCUT2D eigenvalue weighted by Gasteiger charge is -2.15. The van der Waals surface area contributed by atoms with Gasteiger partial charge in [-0.05, 0) is 55.3 Å². The molecule has 150 valence electrons. The number of anilines is 2. The summed E-state index contributed by atoms with van der Waals surface area (Å²) in [6, 6.07) is 13.8. The molecule has 2 N–H and O–H groups in total. The zero-order chi connectivity index (χ0) is 20.5. The quantitative estimate of drug-likeness (QED) is 0.706. The van der Waals surface area contributed by atoms with Gasteiger partial charge in [0.2, 0.25) is 0 Å². The van der Waals surface area contributed by atoms with Crippen molar-refractivity contribution in [3.63, 3.8) is 0 Å². The second kappa shape index (κ2) is 10.2. The molecule has 7 nitrogen and oxygen atoms in total. The van der Waals surface area contributed by atoms with Crippen LogP contribution in [0.2, 0.25) is 0 Å². The molecule has 0 aliphatic rings. The van der Waals surface area contributed by atoms with E-state index >= 15 is 0 Å². The number of ether oxygens (including phenoxy) is 3. The van der Waals surface area contributed by atoms with Gasteiger partial charge in [0.25, 0.3) is 5.91 Å². The molecule has 0 aromatic heterocycles. The lowest BCUT2D eigenvalue weighted by atomic mass is 10.2. The number of hydrogen-bond acceptors (Lipinski definition) is 5. The van der Waals surface area contributed by atoms with Gasteiger partial charge < -0.3 is 19.5 Å². The van der Waals surface area contributed by atoms with Crippen LogP contribution in [0.5, 0.6) is 11.5 Å². The first-order valence-corrected chi connectivity index (χ1v) is 9.02. The SMILES string of the molecule is COc1ccc(OC(C)C(=O)Nc2cccc(NC(=O)OCC(C)C)c2)cc1. The third-order valence-electron chi connectivity index (χ3n) is 3.67. The molecular formula is C21H26N2O5. The van der Waals surface area contributed by atoms with Gasteiger partial charge in [0.05, 0.1) is 13.7 Å². The first-order chi connectivity index (χ1) is 13.4. The Labute approximate surface area is 165 Å². The highest BCUT2D eigenvalue weighted by Gasteiger charge is 2.15. The van der Waals surface area contributed by atoms with Crippen molar-refractivity contribution in [3.8, 4) is 11.5 Å². The summed E-state index contributed by atoms with van der Waals surface area (Å²) in [4.78, 5) is 24.1. The monoisotopic (exact) mass is 386 g/mol. The molecular weight excluding hydrogens is 360 g/mol. The number of hydrogen-bond donors (Lipinski definition) is 2. The number of carbonyl (C=O) groups excluding carboxylic acids is 2. The Morgan fingerprint density at radius 2 is 1.54 bits per heavy atom. The van der Waals surface area contributed by atoms with Crippen LogP contribution in [-0.2, 0) is 9.53 Å². The van der Waals surface area contributed by atoms with Gasteiger partial charge in [0, 0.05) is 11.4 Å². The van der Waals surface area contributed by atoms with Gasteiger partial charge in [-0.1, -0.05) is 19.9 Å². The molecule has 28 heavy (non-hydrogen) atoms. The molecule has 1 atom stereocenters. The maximum absolute atomic E-state index is 12.4. The van der Waals surface area contributed by atoms with E-state index in [-0.39, 0.29) is 11.8 Å². The zero-order valence-electron chi connectivity index (χ0n) is 16.5. The Balaban J connectivity index is 1.90. The minimum Gasteiger partial charge on any atom is -0.497 e. The highest BCUT2D eigenvalue weighted by Crippen LogP contribution is 2.19. The van der Waals surface area contributed by atoms with Crippen molar-refractivity contribution in [2.45, 2.75) is 26.9 Å². The van der Waals surface area contributed by atoms with Crippen LogP contribution in [0.1, 0.15) is 20.8 Å². The Hall–Kier alpha value is -3.22. The first-order valence-electron chi connectivity index (χ1n) is 9.02. The van der Waals surface area contributed by atoms with Crippen molar-refractivity contribution >= 4 is 23.4 Å². The average molecular weight is 386 g/mol. The van der Waals surface area contributed by atoms with Crippen molar-refractivity contribution in [1.29, 1.82) is 0 Å². The van der Waals surface area contributed by atoms with Gasteiger partial charge in [-0.25, -0.2) is 4.79 Å². The Kier molecular flexibility index (Phi) is 7.68. The molecule has 2 rings (SSSR count). The summed E-state index contributed by atoms with van der Waals surface area (Å²) in [6.45, 7) is 5.91. The van der Waals surface area contributed by atoms with Crippen LogP contribution in [0.4, 0.5) is 16.2 Å². The van der Waals surface area contributed by atoms with Gasteiger partial charge in [0.1, 0.15) is 11.5 Å². The van der Waals surface area contributed by atoms with E-state index in [2.05, 4.69) is 10.6 Å². The van der Waals surface area contributed by atoms with E-state index < -0.39 is 12.2 Å². The fraction of sp³-hybridized carbons (Fsp3) is 0.333. The molecule has 0 bridgehead atoms. The van der Waals surface area contributed by atoms with E-state index in [1.165, 1.54) is 0 Å². The van der Waals surface area contributed by atoms with Crippen LogP contribution >= 0.6 is 0 Å². The Morgan fingerprint density at radius 3 is 2.14 bits per heavy atom. The van der Waals surface area contributed by atoms with Crippen LogP contribution in [0, 0.1) is 5.92 Å². The maximum Gasteiger partial charge on any atom is 0.411 e. The number of carbonyl (C=O) groups is 2. The third kappa shape index (κ3) is 6.83. The highest BCUT2D eigenvalue weighted by molar-refractivity contribution is 5.95. The molecule has 0 aliphatic carbocycles. The van der Waals surface area contributed by atoms with E-state index in [4.69, 9.17) is 14.2 Å². The predicted octanol–water partition coefficient (Wildman–Crippen LogP) is 4.31. The molecule has 2 amide bonds. The summed E-state index contributed by atoms with van der Waals surface area (Å²) >= 11 is 0. The zero-order valence-corrected chi connectivity index (χ0v) is 16.5. The largest absolute Gasteiger partial charge is 0.497 e. The molecule has 1 unspecified atom stereocenters. The van der Waals surface area contributed by atoms with Gasteiger partial charge in [-0.15, -0.1) is 0 Å². The van der Waals surface area contributed by atoms with E-state index in [0.29, 0.717) is 29.5 Å². The van der Waals surface area contributed by atoms with Crippen LogP contribution in [-0.4, -0.2) is 31.8 Å². The fourth-order valence-corrected chi connectivity index (χ4v) is 2.23. The van der Waals surface area contributed by atoms with E-state index in [1.807, 2.05) is 13.8 Å². The molecule has 0 saturated carbocycles. The van der Waals surface area contributed by atoms with Crippen molar-refractivity contribution in [2.24, 2.45) is 5.92 Å². The molecule has 7 heteroatoms. The maximum atomic E-state index is 12.4. The lowest BCUT2D eigenvalue weighted by molar-refractivity contribution is -0.122.